The summed E-state index contributed by atoms with van der Waals surface area (Å²) in [7, 11) is 1.78. The summed E-state index contributed by atoms with van der Waals surface area (Å²) in [5, 5.41) is 0. The number of rotatable bonds is 1. The zero-order chi connectivity index (χ0) is 22.0. The van der Waals surface area contributed by atoms with Gasteiger partial charge in [-0.05, 0) is 41.7 Å². The number of hydrogen-bond acceptors (Lipinski definition) is 5. The van der Waals surface area contributed by atoms with Gasteiger partial charge in [0.15, 0.2) is 0 Å². The molecule has 28 heavy (non-hydrogen) atoms. The summed E-state index contributed by atoms with van der Waals surface area (Å²) in [6, 6.07) is 5.32. The first-order valence-electron chi connectivity index (χ1n) is 10.7. The van der Waals surface area contributed by atoms with Crippen molar-refractivity contribution >= 4 is 17.9 Å². The second-order valence-electron chi connectivity index (χ2n) is 7.57. The first-order chi connectivity index (χ1) is 14.7. The van der Waals surface area contributed by atoms with Crippen LogP contribution in [0.5, 0.6) is 0 Å². The number of fused-ring (bicyclic) bond motifs is 2. The molecule has 1 aromatic heterocycles. The van der Waals surface area contributed by atoms with E-state index in [0.717, 1.165) is 35.1 Å². The topological polar surface area (TPSA) is 72.0 Å². The number of likely N-dealkylation sites (N-methyl/N-ethyl adjacent to an activating group) is 1. The van der Waals surface area contributed by atoms with Gasteiger partial charge in [-0.3, -0.25) is 9.88 Å². The summed E-state index contributed by atoms with van der Waals surface area (Å²) in [5.74, 6) is 0. The third kappa shape index (κ3) is 2.38. The van der Waals surface area contributed by atoms with Crippen molar-refractivity contribution in [2.45, 2.75) is 31.4 Å². The number of cyclic esters (lactones) is 2. The lowest BCUT2D eigenvalue weighted by Gasteiger charge is -2.38. The molecule has 1 aromatic carbocycles. The Balaban J connectivity index is 1.52. The standard InChI is InChI=1S/C21H21N3O4/c1-23-18-4-3-13(7-14(18)11-27-19(23)25)17-10-22-9-15-8-21(6-5-16(15)17)12-28-20(26)24(21)2/h3-4,7,9-10H,5-6,8,11-12H2,1-2H3/t21-/m0/s1/i1D3. The average molecular weight is 382 g/mol. The van der Waals surface area contributed by atoms with E-state index < -0.39 is 13.1 Å². The Morgan fingerprint density at radius 2 is 2.07 bits per heavy atom. The maximum absolute atomic E-state index is 12.0. The molecule has 3 heterocycles. The van der Waals surface area contributed by atoms with Crippen molar-refractivity contribution < 1.29 is 23.2 Å². The number of amides is 2. The van der Waals surface area contributed by atoms with Crippen LogP contribution in [0.15, 0.2) is 30.6 Å². The SMILES string of the molecule is [2H]C([2H])([2H])N1C(=O)OCc2cc(-c3cncc4c3CC[C@@]3(COC(=O)N3C)C4)ccc21. The average Bonchev–Trinajstić information content (AvgIpc) is 3.00. The van der Waals surface area contributed by atoms with Gasteiger partial charge in [-0.25, -0.2) is 9.59 Å². The molecule has 7 nitrogen and oxygen atoms in total. The lowest BCUT2D eigenvalue weighted by atomic mass is 9.76. The minimum atomic E-state index is -2.62. The van der Waals surface area contributed by atoms with Crippen molar-refractivity contribution in [3.63, 3.8) is 0 Å². The van der Waals surface area contributed by atoms with Crippen LogP contribution >= 0.6 is 0 Å². The van der Waals surface area contributed by atoms with E-state index in [1.165, 1.54) is 0 Å². The Morgan fingerprint density at radius 3 is 2.86 bits per heavy atom. The number of benzene rings is 1. The molecule has 1 fully saturated rings. The van der Waals surface area contributed by atoms with E-state index in [0.29, 0.717) is 29.2 Å². The van der Waals surface area contributed by atoms with E-state index >= 15 is 0 Å². The Morgan fingerprint density at radius 1 is 1.18 bits per heavy atom. The second kappa shape index (κ2) is 5.95. The number of hydrogen-bond donors (Lipinski definition) is 0. The van der Waals surface area contributed by atoms with E-state index in [1.54, 1.807) is 24.2 Å². The monoisotopic (exact) mass is 382 g/mol. The van der Waals surface area contributed by atoms with Gasteiger partial charge in [0.2, 0.25) is 0 Å². The maximum Gasteiger partial charge on any atom is 0.414 e. The highest BCUT2D eigenvalue weighted by Crippen LogP contribution is 2.40. The number of ether oxygens (including phenoxy) is 2. The van der Waals surface area contributed by atoms with Gasteiger partial charge < -0.3 is 14.4 Å². The molecule has 1 aliphatic carbocycles. The molecular weight excluding hydrogens is 358 g/mol. The molecule has 0 bridgehead atoms. The minimum Gasteiger partial charge on any atom is -0.447 e. The molecule has 0 saturated carbocycles. The van der Waals surface area contributed by atoms with Crippen molar-refractivity contribution in [3.05, 3.63) is 47.3 Å². The normalized spacial score (nSPS) is 25.4. The molecule has 2 amide bonds. The fourth-order valence-corrected chi connectivity index (χ4v) is 4.41. The highest BCUT2D eigenvalue weighted by atomic mass is 16.6. The van der Waals surface area contributed by atoms with Gasteiger partial charge in [-0.2, -0.15) is 0 Å². The van der Waals surface area contributed by atoms with Crippen LogP contribution < -0.4 is 4.90 Å². The van der Waals surface area contributed by atoms with Crippen LogP contribution in [0.25, 0.3) is 11.1 Å². The largest absolute Gasteiger partial charge is 0.447 e. The van der Waals surface area contributed by atoms with E-state index in [4.69, 9.17) is 13.6 Å². The molecule has 3 aliphatic rings. The van der Waals surface area contributed by atoms with E-state index in [1.807, 2.05) is 18.3 Å². The van der Waals surface area contributed by atoms with Crippen molar-refractivity contribution in [1.82, 2.24) is 9.88 Å². The molecule has 5 rings (SSSR count). The molecule has 1 atom stereocenters. The first-order valence-corrected chi connectivity index (χ1v) is 9.16. The van der Waals surface area contributed by atoms with Gasteiger partial charge in [0.1, 0.15) is 13.2 Å². The zero-order valence-corrected chi connectivity index (χ0v) is 15.4. The van der Waals surface area contributed by atoms with Crippen LogP contribution in [0.3, 0.4) is 0 Å². The summed E-state index contributed by atoms with van der Waals surface area (Å²) in [4.78, 5) is 30.8. The lowest BCUT2D eigenvalue weighted by Crippen LogP contribution is -2.49. The Kier molecular flexibility index (Phi) is 2.97. The number of carbonyl (C=O) groups is 2. The molecular formula is C21H21N3O4. The molecule has 0 radical (unpaired) electrons. The summed E-state index contributed by atoms with van der Waals surface area (Å²) in [6.45, 7) is -2.23. The number of aromatic nitrogens is 1. The lowest BCUT2D eigenvalue weighted by molar-refractivity contribution is 0.143. The molecule has 0 unspecified atom stereocenters. The van der Waals surface area contributed by atoms with Gasteiger partial charge >= 0.3 is 12.2 Å². The molecule has 0 N–H and O–H groups in total. The Hall–Kier alpha value is -3.09. The van der Waals surface area contributed by atoms with Gasteiger partial charge in [0, 0.05) is 48.1 Å². The Bertz CT molecular complexity index is 1100. The van der Waals surface area contributed by atoms with Crippen LogP contribution in [0.2, 0.25) is 0 Å². The predicted molar refractivity (Wildman–Crippen MR) is 102 cm³/mol. The summed E-state index contributed by atoms with van der Waals surface area (Å²) in [5.41, 5.74) is 4.70. The second-order valence-corrected chi connectivity index (χ2v) is 7.57. The third-order valence-electron chi connectivity index (χ3n) is 6.12. The van der Waals surface area contributed by atoms with Crippen molar-refractivity contribution in [2.75, 3.05) is 25.5 Å². The smallest absolute Gasteiger partial charge is 0.414 e. The summed E-state index contributed by atoms with van der Waals surface area (Å²) in [6.07, 6.45) is 4.69. The fourth-order valence-electron chi connectivity index (χ4n) is 4.41. The van der Waals surface area contributed by atoms with Crippen LogP contribution in [0.4, 0.5) is 15.3 Å². The first kappa shape index (κ1) is 14.0. The quantitative estimate of drug-likeness (QED) is 0.758. The van der Waals surface area contributed by atoms with E-state index in [-0.39, 0.29) is 18.2 Å². The molecule has 2 aliphatic heterocycles. The number of pyridine rings is 1. The van der Waals surface area contributed by atoms with Crippen LogP contribution in [0.1, 0.15) is 27.2 Å². The third-order valence-corrected chi connectivity index (χ3v) is 6.12. The highest BCUT2D eigenvalue weighted by Gasteiger charge is 2.47. The number of anilines is 1. The van der Waals surface area contributed by atoms with Gasteiger partial charge in [0.05, 0.1) is 11.2 Å². The maximum atomic E-state index is 12.0. The molecule has 144 valence electrons. The number of nitrogens with zero attached hydrogens (tertiary/aromatic N) is 3. The molecule has 7 heteroatoms. The highest BCUT2D eigenvalue weighted by molar-refractivity contribution is 5.90. The molecule has 1 saturated heterocycles. The van der Waals surface area contributed by atoms with Gasteiger partial charge in [-0.15, -0.1) is 0 Å². The number of carbonyl (C=O) groups excluding carboxylic acids is 2. The molecule has 2 aromatic rings. The predicted octanol–water partition coefficient (Wildman–Crippen LogP) is 3.14. The van der Waals surface area contributed by atoms with E-state index in [2.05, 4.69) is 4.98 Å². The van der Waals surface area contributed by atoms with Crippen LogP contribution in [-0.4, -0.2) is 48.2 Å². The zero-order valence-electron chi connectivity index (χ0n) is 18.4. The van der Waals surface area contributed by atoms with Crippen LogP contribution in [-0.2, 0) is 28.9 Å². The summed E-state index contributed by atoms with van der Waals surface area (Å²) >= 11 is 0. The van der Waals surface area contributed by atoms with Crippen molar-refractivity contribution in [2.24, 2.45) is 0 Å². The minimum absolute atomic E-state index is 0.0182. The van der Waals surface area contributed by atoms with E-state index in [9.17, 15) is 9.59 Å². The Labute approximate surface area is 167 Å². The summed E-state index contributed by atoms with van der Waals surface area (Å²) < 4.78 is 33.3. The van der Waals surface area contributed by atoms with Crippen molar-refractivity contribution in [1.29, 1.82) is 0 Å². The van der Waals surface area contributed by atoms with Gasteiger partial charge in [-0.1, -0.05) is 6.07 Å². The van der Waals surface area contributed by atoms with Crippen molar-refractivity contribution in [3.8, 4) is 11.1 Å². The van der Waals surface area contributed by atoms with Gasteiger partial charge in [0.25, 0.3) is 0 Å². The molecule has 1 spiro atoms. The van der Waals surface area contributed by atoms with Crippen LogP contribution in [0, 0.1) is 0 Å². The fraction of sp³-hybridized carbons (Fsp3) is 0.381.